The minimum Gasteiger partial charge on any atom is -0.396 e. The molecule has 1 N–H and O–H groups in total. The van der Waals surface area contributed by atoms with Crippen LogP contribution < -0.4 is 0 Å². The van der Waals surface area contributed by atoms with E-state index in [-0.39, 0.29) is 12.6 Å². The summed E-state index contributed by atoms with van der Waals surface area (Å²) in [5.74, 6) is 0.994. The van der Waals surface area contributed by atoms with Gasteiger partial charge in [0.2, 0.25) is 0 Å². The Hall–Kier alpha value is -0.870. The zero-order chi connectivity index (χ0) is 11.7. The quantitative estimate of drug-likeness (QED) is 0.940. The summed E-state index contributed by atoms with van der Waals surface area (Å²) in [5.41, 5.74) is 2.12. The Labute approximate surface area is 103 Å². The molecule has 0 bridgehead atoms. The highest BCUT2D eigenvalue weighted by molar-refractivity contribution is 9.10. The molecule has 0 radical (unpaired) electrons. The van der Waals surface area contributed by atoms with Crippen LogP contribution in [0.25, 0.3) is 11.0 Å². The molecular weight excluding hydrogens is 268 g/mol. The first kappa shape index (κ1) is 11.6. The van der Waals surface area contributed by atoms with Gasteiger partial charge in [0.05, 0.1) is 11.0 Å². The summed E-state index contributed by atoms with van der Waals surface area (Å²) < 4.78 is 3.23. The standard InChI is InChI=1S/C12H15BrN2O/c1-8(5-6-16)15-9(2)14-11-4-3-10(13)7-12(11)15/h3-4,7-8,16H,5-6H2,1-2H3. The molecule has 0 aliphatic heterocycles. The summed E-state index contributed by atoms with van der Waals surface area (Å²) in [7, 11) is 0. The topological polar surface area (TPSA) is 38.0 Å². The van der Waals surface area contributed by atoms with Gasteiger partial charge in [0.15, 0.2) is 0 Å². The number of fused-ring (bicyclic) bond motifs is 1. The summed E-state index contributed by atoms with van der Waals surface area (Å²) in [5, 5.41) is 9.01. The lowest BCUT2D eigenvalue weighted by atomic mass is 10.2. The molecule has 1 aromatic heterocycles. The van der Waals surface area contributed by atoms with Crippen LogP contribution in [0.4, 0.5) is 0 Å². The minimum atomic E-state index is 0.203. The number of nitrogens with zero attached hydrogens (tertiary/aromatic N) is 2. The van der Waals surface area contributed by atoms with Gasteiger partial charge < -0.3 is 9.67 Å². The molecular formula is C12H15BrN2O. The zero-order valence-electron chi connectivity index (χ0n) is 9.44. The molecule has 0 aliphatic carbocycles. The normalized spacial score (nSPS) is 13.2. The second-order valence-electron chi connectivity index (χ2n) is 4.02. The monoisotopic (exact) mass is 282 g/mol. The van der Waals surface area contributed by atoms with E-state index in [1.807, 2.05) is 19.1 Å². The molecule has 2 rings (SSSR count). The van der Waals surface area contributed by atoms with Crippen LogP contribution in [0, 0.1) is 6.92 Å². The number of aliphatic hydroxyl groups excluding tert-OH is 1. The fraction of sp³-hybridized carbons (Fsp3) is 0.417. The Kier molecular flexibility index (Phi) is 3.30. The first-order chi connectivity index (χ1) is 7.63. The summed E-state index contributed by atoms with van der Waals surface area (Å²) in [6.07, 6.45) is 0.749. The van der Waals surface area contributed by atoms with Gasteiger partial charge in [0.25, 0.3) is 0 Å². The maximum Gasteiger partial charge on any atom is 0.106 e. The fourth-order valence-corrected chi connectivity index (χ4v) is 2.41. The lowest BCUT2D eigenvalue weighted by Crippen LogP contribution is -2.08. The third-order valence-electron chi connectivity index (χ3n) is 2.82. The first-order valence-electron chi connectivity index (χ1n) is 5.38. The fourth-order valence-electron chi connectivity index (χ4n) is 2.06. The van der Waals surface area contributed by atoms with Crippen molar-refractivity contribution < 1.29 is 5.11 Å². The van der Waals surface area contributed by atoms with Gasteiger partial charge in [0.1, 0.15) is 5.82 Å². The van der Waals surface area contributed by atoms with Crippen LogP contribution in [0.3, 0.4) is 0 Å². The van der Waals surface area contributed by atoms with Gasteiger partial charge in [-0.2, -0.15) is 0 Å². The second-order valence-corrected chi connectivity index (χ2v) is 4.94. The Balaban J connectivity index is 2.58. The van der Waals surface area contributed by atoms with Crippen LogP contribution in [-0.2, 0) is 0 Å². The summed E-state index contributed by atoms with van der Waals surface area (Å²) in [4.78, 5) is 4.52. The molecule has 2 aromatic rings. The number of imidazole rings is 1. The van der Waals surface area contributed by atoms with Crippen molar-refractivity contribution >= 4 is 27.0 Å². The highest BCUT2D eigenvalue weighted by Crippen LogP contribution is 2.25. The number of aliphatic hydroxyl groups is 1. The van der Waals surface area contributed by atoms with E-state index in [1.54, 1.807) is 0 Å². The molecule has 1 heterocycles. The molecule has 1 aromatic carbocycles. The van der Waals surface area contributed by atoms with E-state index >= 15 is 0 Å². The van der Waals surface area contributed by atoms with Crippen molar-refractivity contribution in [3.8, 4) is 0 Å². The van der Waals surface area contributed by atoms with E-state index in [9.17, 15) is 0 Å². The predicted octanol–water partition coefficient (Wildman–Crippen LogP) is 3.05. The summed E-state index contributed by atoms with van der Waals surface area (Å²) in [6.45, 7) is 4.31. The van der Waals surface area contributed by atoms with Crippen LogP contribution in [0.5, 0.6) is 0 Å². The highest BCUT2D eigenvalue weighted by Gasteiger charge is 2.12. The van der Waals surface area contributed by atoms with E-state index in [4.69, 9.17) is 5.11 Å². The lowest BCUT2D eigenvalue weighted by molar-refractivity contribution is 0.263. The molecule has 86 valence electrons. The van der Waals surface area contributed by atoms with Gasteiger partial charge in [-0.05, 0) is 38.5 Å². The maximum atomic E-state index is 9.01. The summed E-state index contributed by atoms with van der Waals surface area (Å²) in [6, 6.07) is 6.34. The lowest BCUT2D eigenvalue weighted by Gasteiger charge is -2.15. The average Bonchev–Trinajstić information content (AvgIpc) is 2.53. The predicted molar refractivity (Wildman–Crippen MR) is 68.6 cm³/mol. The van der Waals surface area contributed by atoms with Crippen molar-refractivity contribution in [3.63, 3.8) is 0 Å². The van der Waals surface area contributed by atoms with Crippen molar-refractivity contribution in [2.24, 2.45) is 0 Å². The number of halogens is 1. The van der Waals surface area contributed by atoms with Gasteiger partial charge in [-0.15, -0.1) is 0 Å². The van der Waals surface area contributed by atoms with Crippen molar-refractivity contribution in [1.82, 2.24) is 9.55 Å². The first-order valence-corrected chi connectivity index (χ1v) is 6.17. The Bertz CT molecular complexity index is 507. The molecule has 16 heavy (non-hydrogen) atoms. The minimum absolute atomic E-state index is 0.203. The highest BCUT2D eigenvalue weighted by atomic mass is 79.9. The second kappa shape index (κ2) is 4.55. The van der Waals surface area contributed by atoms with Crippen LogP contribution >= 0.6 is 15.9 Å². The number of rotatable bonds is 3. The van der Waals surface area contributed by atoms with E-state index in [2.05, 4.69) is 38.5 Å². The number of hydrogen-bond donors (Lipinski definition) is 1. The van der Waals surface area contributed by atoms with Crippen LogP contribution in [-0.4, -0.2) is 21.3 Å². The van der Waals surface area contributed by atoms with E-state index in [0.717, 1.165) is 27.8 Å². The van der Waals surface area contributed by atoms with E-state index in [1.165, 1.54) is 0 Å². The van der Waals surface area contributed by atoms with Gasteiger partial charge in [-0.1, -0.05) is 15.9 Å². The van der Waals surface area contributed by atoms with Crippen LogP contribution in [0.1, 0.15) is 25.2 Å². The molecule has 4 heteroatoms. The molecule has 0 saturated heterocycles. The molecule has 0 spiro atoms. The van der Waals surface area contributed by atoms with Crippen LogP contribution in [0.2, 0.25) is 0 Å². The van der Waals surface area contributed by atoms with Crippen molar-refractivity contribution in [2.45, 2.75) is 26.3 Å². The van der Waals surface area contributed by atoms with Crippen molar-refractivity contribution in [1.29, 1.82) is 0 Å². The molecule has 1 unspecified atom stereocenters. The zero-order valence-corrected chi connectivity index (χ0v) is 11.0. The number of aromatic nitrogens is 2. The molecule has 0 aliphatic rings. The van der Waals surface area contributed by atoms with Crippen LogP contribution in [0.15, 0.2) is 22.7 Å². The Morgan fingerprint density at radius 1 is 1.50 bits per heavy atom. The van der Waals surface area contributed by atoms with Gasteiger partial charge >= 0.3 is 0 Å². The Morgan fingerprint density at radius 3 is 2.94 bits per heavy atom. The molecule has 1 atom stereocenters. The van der Waals surface area contributed by atoms with Crippen molar-refractivity contribution in [3.05, 3.63) is 28.5 Å². The number of aryl methyl sites for hydroxylation is 1. The average molecular weight is 283 g/mol. The molecule has 0 fully saturated rings. The van der Waals surface area contributed by atoms with E-state index in [0.29, 0.717) is 0 Å². The third kappa shape index (κ3) is 1.99. The molecule has 0 amide bonds. The SMILES string of the molecule is Cc1nc2ccc(Br)cc2n1C(C)CCO. The van der Waals surface area contributed by atoms with Gasteiger partial charge in [-0.3, -0.25) is 0 Å². The Morgan fingerprint density at radius 2 is 2.25 bits per heavy atom. The number of hydrogen-bond acceptors (Lipinski definition) is 2. The summed E-state index contributed by atoms with van der Waals surface area (Å²) >= 11 is 3.47. The third-order valence-corrected chi connectivity index (χ3v) is 3.31. The van der Waals surface area contributed by atoms with E-state index < -0.39 is 0 Å². The molecule has 0 saturated carbocycles. The largest absolute Gasteiger partial charge is 0.396 e. The maximum absolute atomic E-state index is 9.01. The number of benzene rings is 1. The van der Waals surface area contributed by atoms with Gasteiger partial charge in [-0.25, -0.2) is 4.98 Å². The van der Waals surface area contributed by atoms with Crippen molar-refractivity contribution in [2.75, 3.05) is 6.61 Å². The smallest absolute Gasteiger partial charge is 0.106 e. The van der Waals surface area contributed by atoms with Gasteiger partial charge in [0, 0.05) is 17.1 Å². The molecule has 3 nitrogen and oxygen atoms in total.